The first-order valence-corrected chi connectivity index (χ1v) is 7.78. The van der Waals surface area contributed by atoms with Crippen LogP contribution < -0.4 is 5.73 Å². The molecule has 2 aromatic rings. The van der Waals surface area contributed by atoms with E-state index in [0.29, 0.717) is 18.5 Å². The number of benzene rings is 1. The second-order valence-electron chi connectivity index (χ2n) is 5.92. The average molecular weight is 286 g/mol. The van der Waals surface area contributed by atoms with E-state index in [1.165, 1.54) is 5.56 Å². The monoisotopic (exact) mass is 286 g/mol. The minimum Gasteiger partial charge on any atom is -0.324 e. The minimum atomic E-state index is 0.256. The van der Waals surface area contributed by atoms with E-state index in [4.69, 9.17) is 5.73 Å². The first-order valence-electron chi connectivity index (χ1n) is 7.78. The van der Waals surface area contributed by atoms with Crippen molar-refractivity contribution < 1.29 is 0 Å². The molecule has 1 aromatic heterocycles. The van der Waals surface area contributed by atoms with Crippen molar-refractivity contribution in [3.8, 4) is 0 Å². The van der Waals surface area contributed by atoms with Gasteiger partial charge in [0, 0.05) is 12.0 Å². The van der Waals surface area contributed by atoms with Crippen LogP contribution in [-0.2, 0) is 6.54 Å². The van der Waals surface area contributed by atoms with E-state index in [2.05, 4.69) is 72.8 Å². The number of rotatable bonds is 6. The predicted octanol–water partition coefficient (Wildman–Crippen LogP) is 3.50. The molecule has 0 aliphatic carbocycles. The molecular weight excluding hydrogens is 260 g/mol. The maximum Gasteiger partial charge on any atom is 0.147 e. The zero-order chi connectivity index (χ0) is 15.4. The van der Waals surface area contributed by atoms with E-state index in [-0.39, 0.29) is 5.92 Å². The first-order chi connectivity index (χ1) is 10.1. The maximum absolute atomic E-state index is 5.83. The molecule has 0 radical (unpaired) electrons. The molecule has 0 amide bonds. The van der Waals surface area contributed by atoms with Gasteiger partial charge in [-0.15, -0.1) is 10.2 Å². The Labute approximate surface area is 127 Å². The molecule has 0 spiro atoms. The normalized spacial score (nSPS) is 14.4. The molecule has 4 nitrogen and oxygen atoms in total. The molecule has 4 heteroatoms. The van der Waals surface area contributed by atoms with Gasteiger partial charge in [0.15, 0.2) is 0 Å². The molecule has 0 bridgehead atoms. The Hall–Kier alpha value is -1.68. The highest BCUT2D eigenvalue weighted by Gasteiger charge is 2.27. The Balaban J connectivity index is 2.55. The Morgan fingerprint density at radius 3 is 2.29 bits per heavy atom. The average Bonchev–Trinajstić information content (AvgIpc) is 2.92. The van der Waals surface area contributed by atoms with Gasteiger partial charge in [-0.2, -0.15) is 0 Å². The highest BCUT2D eigenvalue weighted by atomic mass is 15.3. The van der Waals surface area contributed by atoms with Crippen molar-refractivity contribution >= 4 is 0 Å². The van der Waals surface area contributed by atoms with Gasteiger partial charge in [0.1, 0.15) is 11.6 Å². The van der Waals surface area contributed by atoms with Crippen molar-refractivity contribution in [2.75, 3.05) is 0 Å². The predicted molar refractivity (Wildman–Crippen MR) is 86.0 cm³/mol. The van der Waals surface area contributed by atoms with Crippen LogP contribution in [0.2, 0.25) is 0 Å². The molecule has 0 saturated heterocycles. The molecule has 1 heterocycles. The fourth-order valence-corrected chi connectivity index (χ4v) is 2.88. The van der Waals surface area contributed by atoms with Gasteiger partial charge < -0.3 is 10.3 Å². The molecule has 0 fully saturated rings. The van der Waals surface area contributed by atoms with Gasteiger partial charge in [0.2, 0.25) is 0 Å². The van der Waals surface area contributed by atoms with E-state index in [9.17, 15) is 0 Å². The highest BCUT2D eigenvalue weighted by Crippen LogP contribution is 2.34. The van der Waals surface area contributed by atoms with E-state index in [0.717, 1.165) is 18.1 Å². The second kappa shape index (κ2) is 6.85. The number of hydrogen-bond acceptors (Lipinski definition) is 3. The Morgan fingerprint density at radius 1 is 1.10 bits per heavy atom. The topological polar surface area (TPSA) is 56.7 Å². The van der Waals surface area contributed by atoms with Gasteiger partial charge in [-0.1, -0.05) is 50.6 Å². The molecule has 114 valence electrons. The zero-order valence-corrected chi connectivity index (χ0v) is 13.5. The minimum absolute atomic E-state index is 0.256. The lowest BCUT2D eigenvalue weighted by molar-refractivity contribution is 0.441. The van der Waals surface area contributed by atoms with E-state index >= 15 is 0 Å². The molecular formula is C17H26N4. The van der Waals surface area contributed by atoms with Crippen LogP contribution in [0.4, 0.5) is 0 Å². The zero-order valence-electron chi connectivity index (χ0n) is 13.5. The number of hydrogen-bond donors (Lipinski definition) is 1. The summed E-state index contributed by atoms with van der Waals surface area (Å²) in [6.45, 7) is 9.24. The van der Waals surface area contributed by atoms with Crippen molar-refractivity contribution in [1.29, 1.82) is 0 Å². The van der Waals surface area contributed by atoms with Crippen molar-refractivity contribution in [3.63, 3.8) is 0 Å². The van der Waals surface area contributed by atoms with Gasteiger partial charge in [0.25, 0.3) is 0 Å². The van der Waals surface area contributed by atoms with Crippen molar-refractivity contribution in [3.05, 3.63) is 47.5 Å². The summed E-state index contributed by atoms with van der Waals surface area (Å²) in [7, 11) is 0. The molecule has 21 heavy (non-hydrogen) atoms. The summed E-state index contributed by atoms with van der Waals surface area (Å²) in [6.07, 6.45) is 1.10. The Kier molecular flexibility index (Phi) is 5.12. The summed E-state index contributed by atoms with van der Waals surface area (Å²) >= 11 is 0. The molecule has 2 atom stereocenters. The van der Waals surface area contributed by atoms with Gasteiger partial charge in [-0.3, -0.25) is 0 Å². The number of aromatic nitrogens is 3. The van der Waals surface area contributed by atoms with Crippen LogP contribution in [0.25, 0.3) is 0 Å². The van der Waals surface area contributed by atoms with Crippen LogP contribution in [-0.4, -0.2) is 14.8 Å². The quantitative estimate of drug-likeness (QED) is 0.884. The number of nitrogens with zero attached hydrogens (tertiary/aromatic N) is 3. The molecule has 0 aliphatic heterocycles. The molecule has 0 saturated carbocycles. The fraction of sp³-hybridized carbons (Fsp3) is 0.529. The third-order valence-electron chi connectivity index (χ3n) is 4.14. The lowest BCUT2D eigenvalue weighted by atomic mass is 9.84. The van der Waals surface area contributed by atoms with Crippen molar-refractivity contribution in [2.24, 2.45) is 11.7 Å². The molecule has 0 aliphatic rings. The summed E-state index contributed by atoms with van der Waals surface area (Å²) < 4.78 is 2.20. The third-order valence-corrected chi connectivity index (χ3v) is 4.14. The summed E-state index contributed by atoms with van der Waals surface area (Å²) in [5.74, 6) is 2.65. The van der Waals surface area contributed by atoms with Crippen LogP contribution in [0.1, 0.15) is 63.3 Å². The smallest absolute Gasteiger partial charge is 0.147 e. The lowest BCUT2D eigenvalue weighted by Crippen LogP contribution is -2.20. The SMILES string of the molecule is CCC(C)C(c1ccccc1)c1nnc(CN)n1C(C)C. The van der Waals surface area contributed by atoms with Crippen LogP contribution in [0.15, 0.2) is 30.3 Å². The van der Waals surface area contributed by atoms with Gasteiger partial charge in [-0.25, -0.2) is 0 Å². The molecule has 1 aromatic carbocycles. The molecule has 2 rings (SSSR count). The van der Waals surface area contributed by atoms with Crippen molar-refractivity contribution in [2.45, 2.75) is 52.6 Å². The first kappa shape index (κ1) is 15.7. The summed E-state index contributed by atoms with van der Waals surface area (Å²) in [4.78, 5) is 0. The summed E-state index contributed by atoms with van der Waals surface area (Å²) in [6, 6.07) is 10.9. The van der Waals surface area contributed by atoms with E-state index in [1.54, 1.807) is 0 Å². The lowest BCUT2D eigenvalue weighted by Gasteiger charge is -2.25. The van der Waals surface area contributed by atoms with E-state index in [1.807, 2.05) is 0 Å². The summed E-state index contributed by atoms with van der Waals surface area (Å²) in [5.41, 5.74) is 7.12. The van der Waals surface area contributed by atoms with Crippen LogP contribution in [0.5, 0.6) is 0 Å². The van der Waals surface area contributed by atoms with Crippen LogP contribution in [0.3, 0.4) is 0 Å². The third kappa shape index (κ3) is 3.16. The second-order valence-corrected chi connectivity index (χ2v) is 5.92. The Bertz CT molecular complexity index is 559. The standard InChI is InChI=1S/C17H26N4/c1-5-13(4)16(14-9-7-6-8-10-14)17-20-19-15(11-18)21(17)12(2)3/h6-10,12-13,16H,5,11,18H2,1-4H3. The van der Waals surface area contributed by atoms with Gasteiger partial charge in [-0.05, 0) is 25.3 Å². The highest BCUT2D eigenvalue weighted by molar-refractivity contribution is 5.27. The van der Waals surface area contributed by atoms with Crippen LogP contribution in [0, 0.1) is 5.92 Å². The Morgan fingerprint density at radius 2 is 1.76 bits per heavy atom. The number of nitrogens with two attached hydrogens (primary N) is 1. The maximum atomic E-state index is 5.83. The van der Waals surface area contributed by atoms with Gasteiger partial charge >= 0.3 is 0 Å². The van der Waals surface area contributed by atoms with Gasteiger partial charge in [0.05, 0.1) is 6.54 Å². The molecule has 2 N–H and O–H groups in total. The van der Waals surface area contributed by atoms with E-state index < -0.39 is 0 Å². The fourth-order valence-electron chi connectivity index (χ4n) is 2.88. The largest absolute Gasteiger partial charge is 0.324 e. The summed E-state index contributed by atoms with van der Waals surface area (Å²) in [5, 5.41) is 8.79. The van der Waals surface area contributed by atoms with Crippen molar-refractivity contribution in [1.82, 2.24) is 14.8 Å². The van der Waals surface area contributed by atoms with Crippen LogP contribution >= 0.6 is 0 Å². The molecule has 2 unspecified atom stereocenters.